The number of rotatable bonds is 1. The van der Waals surface area contributed by atoms with E-state index < -0.39 is 0 Å². The van der Waals surface area contributed by atoms with Gasteiger partial charge in [0, 0.05) is 19.3 Å². The van der Waals surface area contributed by atoms with Crippen molar-refractivity contribution in [2.75, 3.05) is 20.6 Å². The molecule has 0 radical (unpaired) electrons. The number of nitrogens with zero attached hydrogens (tertiary/aromatic N) is 2. The highest BCUT2D eigenvalue weighted by Crippen LogP contribution is 2.26. The third-order valence-corrected chi connectivity index (χ3v) is 3.01. The Morgan fingerprint density at radius 1 is 1.38 bits per heavy atom. The predicted octanol–water partition coefficient (Wildman–Crippen LogP) is 1.81. The van der Waals surface area contributed by atoms with Crippen LogP contribution in [0.2, 0.25) is 0 Å². The van der Waals surface area contributed by atoms with Crippen molar-refractivity contribution in [1.82, 2.24) is 9.80 Å². The van der Waals surface area contributed by atoms with Gasteiger partial charge in [0.2, 0.25) is 0 Å². The molecule has 72 valence electrons. The molecule has 0 bridgehead atoms. The van der Waals surface area contributed by atoms with Gasteiger partial charge in [-0.05, 0) is 44.6 Å². The monoisotopic (exact) mass is 178 g/mol. The average molecular weight is 178 g/mol. The summed E-state index contributed by atoms with van der Waals surface area (Å²) in [5.41, 5.74) is 1.57. The second-order valence-electron chi connectivity index (χ2n) is 4.10. The van der Waals surface area contributed by atoms with Crippen molar-refractivity contribution in [2.24, 2.45) is 0 Å². The molecular formula is C11H18N2. The third-order valence-electron chi connectivity index (χ3n) is 3.01. The minimum Gasteiger partial charge on any atom is -0.358 e. The highest BCUT2D eigenvalue weighted by Gasteiger charge is 2.24. The summed E-state index contributed by atoms with van der Waals surface area (Å²) in [4.78, 5) is 4.63. The van der Waals surface area contributed by atoms with Gasteiger partial charge in [0.25, 0.3) is 0 Å². The Balaban J connectivity index is 2.08. The van der Waals surface area contributed by atoms with Gasteiger partial charge in [-0.15, -0.1) is 0 Å². The van der Waals surface area contributed by atoms with Gasteiger partial charge in [0.05, 0.1) is 0 Å². The number of likely N-dealkylation sites (N-methyl/N-ethyl adjacent to an activating group) is 1. The lowest BCUT2D eigenvalue weighted by Gasteiger charge is -2.26. The largest absolute Gasteiger partial charge is 0.358 e. The lowest BCUT2D eigenvalue weighted by atomic mass is 10.0. The van der Waals surface area contributed by atoms with Gasteiger partial charge in [0.1, 0.15) is 0 Å². The Morgan fingerprint density at radius 3 is 2.85 bits per heavy atom. The Hall–Kier alpha value is -0.760. The van der Waals surface area contributed by atoms with E-state index in [9.17, 15) is 0 Å². The van der Waals surface area contributed by atoms with E-state index in [1.165, 1.54) is 19.4 Å². The zero-order valence-electron chi connectivity index (χ0n) is 8.53. The Labute approximate surface area is 80.5 Å². The van der Waals surface area contributed by atoms with Crippen LogP contribution in [0.15, 0.2) is 24.0 Å². The first-order chi connectivity index (χ1) is 6.27. The summed E-state index contributed by atoms with van der Waals surface area (Å²) in [6.45, 7) is 1.26. The molecule has 0 saturated carbocycles. The molecule has 1 atom stereocenters. The number of likely N-dealkylation sites (tertiary alicyclic amines) is 1. The van der Waals surface area contributed by atoms with Crippen molar-refractivity contribution in [2.45, 2.75) is 25.3 Å². The summed E-state index contributed by atoms with van der Waals surface area (Å²) >= 11 is 0. The molecule has 2 aliphatic rings. The van der Waals surface area contributed by atoms with Crippen molar-refractivity contribution in [1.29, 1.82) is 0 Å². The van der Waals surface area contributed by atoms with Gasteiger partial charge in [0.15, 0.2) is 0 Å². The van der Waals surface area contributed by atoms with Crippen molar-refractivity contribution in [3.8, 4) is 0 Å². The maximum Gasteiger partial charge on any atom is 0.0325 e. The van der Waals surface area contributed by atoms with Crippen molar-refractivity contribution in [3.05, 3.63) is 24.0 Å². The second kappa shape index (κ2) is 3.54. The van der Waals surface area contributed by atoms with Crippen LogP contribution in [0.3, 0.4) is 0 Å². The van der Waals surface area contributed by atoms with Gasteiger partial charge in [-0.2, -0.15) is 0 Å². The van der Waals surface area contributed by atoms with Crippen LogP contribution in [0.4, 0.5) is 0 Å². The first-order valence-corrected chi connectivity index (χ1v) is 5.07. The summed E-state index contributed by atoms with van der Waals surface area (Å²) < 4.78 is 0. The summed E-state index contributed by atoms with van der Waals surface area (Å²) in [5, 5.41) is 0. The van der Waals surface area contributed by atoms with Gasteiger partial charge in [-0.3, -0.25) is 4.90 Å². The molecule has 0 unspecified atom stereocenters. The second-order valence-corrected chi connectivity index (χ2v) is 4.10. The van der Waals surface area contributed by atoms with Gasteiger partial charge < -0.3 is 4.90 Å². The van der Waals surface area contributed by atoms with Crippen LogP contribution in [0, 0.1) is 0 Å². The topological polar surface area (TPSA) is 6.48 Å². The zero-order valence-corrected chi connectivity index (χ0v) is 8.53. The molecule has 1 saturated heterocycles. The van der Waals surface area contributed by atoms with Crippen LogP contribution in [-0.4, -0.2) is 36.5 Å². The quantitative estimate of drug-likeness (QED) is 0.604. The highest BCUT2D eigenvalue weighted by atomic mass is 15.2. The van der Waals surface area contributed by atoms with Crippen LogP contribution < -0.4 is 0 Å². The molecule has 0 spiro atoms. The van der Waals surface area contributed by atoms with Gasteiger partial charge >= 0.3 is 0 Å². The van der Waals surface area contributed by atoms with Gasteiger partial charge in [-0.25, -0.2) is 0 Å². The summed E-state index contributed by atoms with van der Waals surface area (Å²) in [6, 6.07) is 0.701. The highest BCUT2D eigenvalue weighted by molar-refractivity contribution is 5.19. The predicted molar refractivity (Wildman–Crippen MR) is 55.3 cm³/mol. The van der Waals surface area contributed by atoms with E-state index in [-0.39, 0.29) is 0 Å². The zero-order chi connectivity index (χ0) is 9.26. The van der Waals surface area contributed by atoms with E-state index in [1.807, 2.05) is 0 Å². The summed E-state index contributed by atoms with van der Waals surface area (Å²) in [5.74, 6) is 0. The number of hydrogen-bond acceptors (Lipinski definition) is 2. The van der Waals surface area contributed by atoms with E-state index >= 15 is 0 Å². The van der Waals surface area contributed by atoms with Crippen LogP contribution in [0.5, 0.6) is 0 Å². The fourth-order valence-corrected chi connectivity index (χ4v) is 2.31. The molecule has 2 rings (SSSR count). The molecule has 0 amide bonds. The Kier molecular flexibility index (Phi) is 2.40. The van der Waals surface area contributed by atoms with Crippen LogP contribution in [0.25, 0.3) is 0 Å². The molecule has 2 aliphatic heterocycles. The van der Waals surface area contributed by atoms with E-state index in [1.54, 1.807) is 5.57 Å². The molecule has 0 aromatic heterocycles. The number of allylic oxidation sites excluding steroid dienone is 1. The Bertz CT molecular complexity index is 242. The summed E-state index contributed by atoms with van der Waals surface area (Å²) in [7, 11) is 4.33. The fourth-order valence-electron chi connectivity index (χ4n) is 2.31. The average Bonchev–Trinajstić information content (AvgIpc) is 2.51. The lowest BCUT2D eigenvalue weighted by molar-refractivity contribution is 0.337. The molecular weight excluding hydrogens is 160 g/mol. The van der Waals surface area contributed by atoms with Crippen LogP contribution in [0.1, 0.15) is 19.3 Å². The standard InChI is InChI=1S/C11H18N2/c1-12-7-3-5-10(9-12)11-6-4-8-13(11)2/h3,7,9,11H,4-6,8H2,1-2H3/t11-/m0/s1. The minimum atomic E-state index is 0.701. The fraction of sp³-hybridized carbons (Fsp3) is 0.636. The first kappa shape index (κ1) is 8.82. The van der Waals surface area contributed by atoms with Crippen molar-refractivity contribution >= 4 is 0 Å². The van der Waals surface area contributed by atoms with Crippen molar-refractivity contribution < 1.29 is 0 Å². The number of hydrogen-bond donors (Lipinski definition) is 0. The molecule has 2 heterocycles. The molecule has 0 aromatic rings. The van der Waals surface area contributed by atoms with E-state index in [0.29, 0.717) is 6.04 Å². The third kappa shape index (κ3) is 1.78. The Morgan fingerprint density at radius 2 is 2.23 bits per heavy atom. The first-order valence-electron chi connectivity index (χ1n) is 5.07. The van der Waals surface area contributed by atoms with Crippen LogP contribution in [-0.2, 0) is 0 Å². The molecule has 0 aliphatic carbocycles. The molecule has 2 nitrogen and oxygen atoms in total. The van der Waals surface area contributed by atoms with E-state index in [2.05, 4.69) is 42.4 Å². The minimum absolute atomic E-state index is 0.701. The smallest absolute Gasteiger partial charge is 0.0325 e. The molecule has 13 heavy (non-hydrogen) atoms. The maximum atomic E-state index is 2.47. The van der Waals surface area contributed by atoms with E-state index in [4.69, 9.17) is 0 Å². The molecule has 0 N–H and O–H groups in total. The maximum absolute atomic E-state index is 2.47. The van der Waals surface area contributed by atoms with E-state index in [0.717, 1.165) is 6.42 Å². The SMILES string of the molecule is CN1C=CCC([C@@H]2CCCN2C)=C1. The van der Waals surface area contributed by atoms with Crippen LogP contribution >= 0.6 is 0 Å². The molecule has 2 heteroatoms. The lowest BCUT2D eigenvalue weighted by Crippen LogP contribution is -2.28. The van der Waals surface area contributed by atoms with Crippen molar-refractivity contribution in [3.63, 3.8) is 0 Å². The molecule has 1 fully saturated rings. The van der Waals surface area contributed by atoms with Gasteiger partial charge in [-0.1, -0.05) is 6.08 Å². The normalized spacial score (nSPS) is 29.5. The summed E-state index contributed by atoms with van der Waals surface area (Å²) in [6.07, 6.45) is 10.5. The molecule has 0 aromatic carbocycles.